The molecule has 2 N–H and O–H groups in total. The average Bonchev–Trinajstić information content (AvgIpc) is 3.65. The van der Waals surface area contributed by atoms with Gasteiger partial charge >= 0.3 is 0 Å². The summed E-state index contributed by atoms with van der Waals surface area (Å²) in [6.45, 7) is 1.81. The second-order valence-corrected chi connectivity index (χ2v) is 15.3. The topological polar surface area (TPSA) is 189 Å². The Kier molecular flexibility index (Phi) is 11.0. The Morgan fingerprint density at radius 3 is 1.38 bits per heavy atom. The predicted octanol–water partition coefficient (Wildman–Crippen LogP) is 1.64. The van der Waals surface area contributed by atoms with E-state index in [4.69, 9.17) is 33.6 Å². The maximum absolute atomic E-state index is 13.8. The van der Waals surface area contributed by atoms with Gasteiger partial charge < -0.3 is 28.4 Å². The van der Waals surface area contributed by atoms with Crippen LogP contribution < -0.4 is 14.6 Å². The molecule has 0 radical (unpaired) electrons. The van der Waals surface area contributed by atoms with E-state index in [0.29, 0.717) is 49.3 Å². The van der Waals surface area contributed by atoms with Crippen molar-refractivity contribution in [3.05, 3.63) is 83.2 Å². The molecule has 18 heteroatoms. The van der Waals surface area contributed by atoms with Gasteiger partial charge in [0.05, 0.1) is 52.0 Å². The van der Waals surface area contributed by atoms with E-state index < -0.39 is 31.2 Å². The number of ether oxygens (including phenoxy) is 6. The smallest absolute Gasteiger partial charge is 0.263 e. The Bertz CT molecular complexity index is 1930. The highest BCUT2D eigenvalue weighted by Crippen LogP contribution is 2.35. The molecule has 0 amide bonds. The van der Waals surface area contributed by atoms with E-state index in [0.717, 1.165) is 11.1 Å². The van der Waals surface area contributed by atoms with Gasteiger partial charge in [0.25, 0.3) is 20.0 Å². The van der Waals surface area contributed by atoms with E-state index in [2.05, 4.69) is 10.2 Å². The zero-order chi connectivity index (χ0) is 36.3. The lowest BCUT2D eigenvalue weighted by Gasteiger charge is -2.39. The van der Waals surface area contributed by atoms with E-state index in [1.165, 1.54) is 15.1 Å². The van der Waals surface area contributed by atoms with E-state index in [1.54, 1.807) is 53.3 Å². The minimum absolute atomic E-state index is 0.0321. The number of methoxy groups -OCH3 is 4. The normalized spacial score (nSPS) is 16.6. The highest BCUT2D eigenvalue weighted by molar-refractivity contribution is 7.89. The van der Waals surface area contributed by atoms with Crippen molar-refractivity contribution in [3.8, 4) is 11.5 Å². The van der Waals surface area contributed by atoms with Crippen LogP contribution >= 0.6 is 0 Å². The molecule has 4 heterocycles. The van der Waals surface area contributed by atoms with Gasteiger partial charge in [-0.3, -0.25) is 9.36 Å². The molecule has 6 rings (SSSR count). The minimum Gasteiger partial charge on any atom is -0.497 e. The van der Waals surface area contributed by atoms with Crippen LogP contribution in [-0.2, 0) is 77.4 Å². The SMILES string of the molecule is COC1(c2cc(S(N)(=O)=O)nn2C)COC1.COc1ccc(CN(Cc2ccc(OC)cc2)S(=O)(=O)c2cc(C3(OC)COC3)n(C)n2)cc1. The fraction of sp³-hybridized carbons (Fsp3) is 0.438. The maximum atomic E-state index is 13.8. The number of nitrogens with zero attached hydrogens (tertiary/aromatic N) is 5. The number of rotatable bonds is 13. The van der Waals surface area contributed by atoms with Crippen LogP contribution in [0.25, 0.3) is 0 Å². The van der Waals surface area contributed by atoms with Gasteiger partial charge in [0.1, 0.15) is 11.5 Å². The Balaban J connectivity index is 0.000000253. The molecule has 0 spiro atoms. The Morgan fingerprint density at radius 2 is 1.08 bits per heavy atom. The van der Waals surface area contributed by atoms with Crippen molar-refractivity contribution in [2.75, 3.05) is 54.9 Å². The lowest BCUT2D eigenvalue weighted by molar-refractivity contribution is -0.206. The first-order valence-corrected chi connectivity index (χ1v) is 18.3. The monoisotopic (exact) mass is 734 g/mol. The standard InChI is InChI=1S/C24H29N3O6S.C8H13N3O4S/c1-26-22(24(32-4)16-33-17-24)13-23(25-26)34(28,29)27(14-18-5-9-20(30-2)10-6-18)15-19-7-11-21(31-3)12-8-19;1-11-6(8(14-2)4-15-5-8)3-7(10-11)16(9,12)13/h5-13H,14-17H2,1-4H3;3H,4-5H2,1-2H3,(H2,9,12,13). The van der Waals surface area contributed by atoms with Crippen LogP contribution in [0.5, 0.6) is 11.5 Å². The Labute approximate surface area is 291 Å². The molecule has 0 bridgehead atoms. The van der Waals surface area contributed by atoms with Crippen molar-refractivity contribution in [2.45, 2.75) is 34.3 Å². The Morgan fingerprint density at radius 1 is 0.700 bits per heavy atom. The first-order valence-electron chi connectivity index (χ1n) is 15.3. The summed E-state index contributed by atoms with van der Waals surface area (Å²) in [5.74, 6) is 1.41. The molecule has 2 aliphatic heterocycles. The van der Waals surface area contributed by atoms with Gasteiger partial charge in [-0.1, -0.05) is 24.3 Å². The van der Waals surface area contributed by atoms with Crippen molar-refractivity contribution in [2.24, 2.45) is 19.2 Å². The van der Waals surface area contributed by atoms with Crippen molar-refractivity contribution in [1.82, 2.24) is 23.9 Å². The third-order valence-electron chi connectivity index (χ3n) is 8.70. The average molecular weight is 735 g/mol. The van der Waals surface area contributed by atoms with Crippen LogP contribution in [0.1, 0.15) is 22.5 Å². The van der Waals surface area contributed by atoms with Crippen molar-refractivity contribution >= 4 is 20.0 Å². The molecular formula is C32H42N6O10S2. The highest BCUT2D eigenvalue weighted by atomic mass is 32.2. The number of nitrogens with two attached hydrogens (primary N) is 1. The molecule has 0 saturated carbocycles. The van der Waals surface area contributed by atoms with E-state index >= 15 is 0 Å². The molecule has 4 aromatic rings. The summed E-state index contributed by atoms with van der Waals surface area (Å²) in [4.78, 5) is 0. The summed E-state index contributed by atoms with van der Waals surface area (Å²) >= 11 is 0. The number of hydrogen-bond acceptors (Lipinski definition) is 12. The van der Waals surface area contributed by atoms with Crippen LogP contribution in [0, 0.1) is 0 Å². The fourth-order valence-corrected chi connectivity index (χ4v) is 7.44. The molecule has 2 saturated heterocycles. The molecule has 0 atom stereocenters. The molecular weight excluding hydrogens is 693 g/mol. The molecule has 50 heavy (non-hydrogen) atoms. The van der Waals surface area contributed by atoms with E-state index in [1.807, 2.05) is 48.5 Å². The molecule has 2 aliphatic rings. The highest BCUT2D eigenvalue weighted by Gasteiger charge is 2.45. The first kappa shape index (κ1) is 37.4. The molecule has 2 aromatic carbocycles. The molecule has 0 unspecified atom stereocenters. The molecule has 16 nitrogen and oxygen atoms in total. The quantitative estimate of drug-likeness (QED) is 0.210. The molecule has 2 fully saturated rings. The molecule has 0 aliphatic carbocycles. The number of aromatic nitrogens is 4. The van der Waals surface area contributed by atoms with E-state index in [9.17, 15) is 16.8 Å². The summed E-state index contributed by atoms with van der Waals surface area (Å²) in [6.07, 6.45) is 0. The van der Waals surface area contributed by atoms with Gasteiger partial charge in [0.2, 0.25) is 0 Å². The Hall–Kier alpha value is -3.88. The van der Waals surface area contributed by atoms with Crippen LogP contribution in [0.4, 0.5) is 0 Å². The van der Waals surface area contributed by atoms with E-state index in [-0.39, 0.29) is 23.1 Å². The fourth-order valence-electron chi connectivity index (χ4n) is 5.54. The summed E-state index contributed by atoms with van der Waals surface area (Å²) in [5.41, 5.74) is 1.67. The lowest BCUT2D eigenvalue weighted by atomic mass is 9.97. The lowest BCUT2D eigenvalue weighted by Crippen LogP contribution is -2.49. The van der Waals surface area contributed by atoms with Crippen LogP contribution in [-0.4, -0.2) is 95.6 Å². The largest absolute Gasteiger partial charge is 0.497 e. The number of benzene rings is 2. The van der Waals surface area contributed by atoms with Crippen LogP contribution in [0.3, 0.4) is 0 Å². The van der Waals surface area contributed by atoms with Gasteiger partial charge in [-0.25, -0.2) is 22.0 Å². The zero-order valence-corrected chi connectivity index (χ0v) is 30.4. The van der Waals surface area contributed by atoms with Crippen LogP contribution in [0.15, 0.2) is 70.7 Å². The van der Waals surface area contributed by atoms with Gasteiger partial charge in [-0.2, -0.15) is 14.5 Å². The minimum atomic E-state index is -3.94. The summed E-state index contributed by atoms with van der Waals surface area (Å²) < 4.78 is 86.2. The second kappa shape index (κ2) is 14.8. The van der Waals surface area contributed by atoms with Crippen molar-refractivity contribution in [3.63, 3.8) is 0 Å². The number of hydrogen-bond donors (Lipinski definition) is 1. The van der Waals surface area contributed by atoms with Gasteiger partial charge in [-0.15, -0.1) is 0 Å². The zero-order valence-electron chi connectivity index (χ0n) is 28.7. The third-order valence-corrected chi connectivity index (χ3v) is 11.2. The first-order chi connectivity index (χ1) is 23.7. The summed E-state index contributed by atoms with van der Waals surface area (Å²) in [6, 6.07) is 17.6. The second-order valence-electron chi connectivity index (χ2n) is 11.9. The number of sulfonamides is 2. The van der Waals surface area contributed by atoms with Crippen molar-refractivity contribution < 1.29 is 45.3 Å². The molecule has 272 valence electrons. The van der Waals surface area contributed by atoms with Gasteiger partial charge in [0, 0.05) is 53.5 Å². The number of primary sulfonamides is 1. The predicted molar refractivity (Wildman–Crippen MR) is 179 cm³/mol. The van der Waals surface area contributed by atoms with Crippen molar-refractivity contribution in [1.29, 1.82) is 0 Å². The van der Waals surface area contributed by atoms with Crippen LogP contribution in [0.2, 0.25) is 0 Å². The summed E-state index contributed by atoms with van der Waals surface area (Å²) in [5, 5.41) is 13.0. The maximum Gasteiger partial charge on any atom is 0.263 e. The molecule has 2 aromatic heterocycles. The van der Waals surface area contributed by atoms with Gasteiger partial charge in [-0.05, 0) is 35.4 Å². The van der Waals surface area contributed by atoms with Gasteiger partial charge in [0.15, 0.2) is 21.3 Å². The third kappa shape index (κ3) is 7.57. The summed E-state index contributed by atoms with van der Waals surface area (Å²) in [7, 11) is 1.95. The number of aryl methyl sites for hydroxylation is 2.